The van der Waals surface area contributed by atoms with Crippen molar-refractivity contribution in [1.82, 2.24) is 5.32 Å². The lowest BCUT2D eigenvalue weighted by molar-refractivity contribution is -0.120. The summed E-state index contributed by atoms with van der Waals surface area (Å²) in [5, 5.41) is 6.13. The highest BCUT2D eigenvalue weighted by Gasteiger charge is 2.18. The van der Waals surface area contributed by atoms with Crippen LogP contribution in [0.4, 0.5) is 5.69 Å². The highest BCUT2D eigenvalue weighted by molar-refractivity contribution is 7.80. The summed E-state index contributed by atoms with van der Waals surface area (Å²) in [5.74, 6) is 2.04. The maximum Gasteiger partial charge on any atom is 0.226 e. The zero-order valence-corrected chi connectivity index (χ0v) is 14.9. The molecule has 1 saturated carbocycles. The SMILES string of the molecule is O=C(CC1CCCC1)NC(=S)Nc1ccc(Oc2ccccc2)cc1. The van der Waals surface area contributed by atoms with Gasteiger partial charge in [0, 0.05) is 12.1 Å². The Bertz CT molecular complexity index is 710. The summed E-state index contributed by atoms with van der Waals surface area (Å²) in [5.41, 5.74) is 0.812. The highest BCUT2D eigenvalue weighted by atomic mass is 32.1. The van der Waals surface area contributed by atoms with Crippen molar-refractivity contribution < 1.29 is 9.53 Å². The van der Waals surface area contributed by atoms with Gasteiger partial charge in [-0.3, -0.25) is 4.79 Å². The molecular formula is C20H22N2O2S. The maximum absolute atomic E-state index is 12.0. The standard InChI is InChI=1S/C20H22N2O2S/c23-19(14-15-6-4-5-7-15)22-20(25)21-16-10-12-18(13-11-16)24-17-8-2-1-3-9-17/h1-3,8-13,15H,4-7,14H2,(H2,21,22,23,25). The fourth-order valence-corrected chi connectivity index (χ4v) is 3.28. The Morgan fingerprint density at radius 2 is 1.64 bits per heavy atom. The van der Waals surface area contributed by atoms with Gasteiger partial charge in [-0.05, 0) is 67.4 Å². The van der Waals surface area contributed by atoms with E-state index in [-0.39, 0.29) is 5.91 Å². The van der Waals surface area contributed by atoms with Crippen LogP contribution in [0.3, 0.4) is 0 Å². The molecule has 5 heteroatoms. The largest absolute Gasteiger partial charge is 0.457 e. The lowest BCUT2D eigenvalue weighted by Crippen LogP contribution is -2.34. The molecule has 0 saturated heterocycles. The molecule has 1 aliphatic rings. The first-order valence-electron chi connectivity index (χ1n) is 8.63. The minimum atomic E-state index is -0.00608. The summed E-state index contributed by atoms with van der Waals surface area (Å²) in [4.78, 5) is 12.0. The second kappa shape index (κ2) is 8.62. The number of carbonyl (C=O) groups is 1. The van der Waals surface area contributed by atoms with Gasteiger partial charge in [-0.15, -0.1) is 0 Å². The van der Waals surface area contributed by atoms with E-state index in [1.807, 2.05) is 54.6 Å². The highest BCUT2D eigenvalue weighted by Crippen LogP contribution is 2.27. The Balaban J connectivity index is 1.47. The Morgan fingerprint density at radius 3 is 2.32 bits per heavy atom. The van der Waals surface area contributed by atoms with E-state index in [0.29, 0.717) is 17.5 Å². The molecule has 2 N–H and O–H groups in total. The molecule has 0 unspecified atom stereocenters. The molecule has 0 radical (unpaired) electrons. The summed E-state index contributed by atoms with van der Waals surface area (Å²) in [6, 6.07) is 17.1. The van der Waals surface area contributed by atoms with Gasteiger partial charge in [0.25, 0.3) is 0 Å². The average molecular weight is 354 g/mol. The van der Waals surface area contributed by atoms with Crippen LogP contribution in [-0.4, -0.2) is 11.0 Å². The lowest BCUT2D eigenvalue weighted by atomic mass is 10.0. The fraction of sp³-hybridized carbons (Fsp3) is 0.300. The molecule has 0 aromatic heterocycles. The van der Waals surface area contributed by atoms with Crippen molar-refractivity contribution in [1.29, 1.82) is 0 Å². The molecule has 3 rings (SSSR count). The quantitative estimate of drug-likeness (QED) is 0.752. The Kier molecular flexibility index (Phi) is 6.01. The van der Waals surface area contributed by atoms with Crippen LogP contribution in [0, 0.1) is 5.92 Å². The number of anilines is 1. The number of para-hydroxylation sites is 1. The van der Waals surface area contributed by atoms with Crippen molar-refractivity contribution in [2.45, 2.75) is 32.1 Å². The van der Waals surface area contributed by atoms with E-state index in [0.717, 1.165) is 30.0 Å². The Labute approximate surface area is 153 Å². The number of carbonyl (C=O) groups excluding carboxylic acids is 1. The van der Waals surface area contributed by atoms with Gasteiger partial charge in [0.05, 0.1) is 0 Å². The van der Waals surface area contributed by atoms with E-state index in [9.17, 15) is 4.79 Å². The molecule has 130 valence electrons. The van der Waals surface area contributed by atoms with Gasteiger partial charge < -0.3 is 15.4 Å². The molecule has 2 aromatic carbocycles. The van der Waals surface area contributed by atoms with E-state index in [1.165, 1.54) is 12.8 Å². The topological polar surface area (TPSA) is 50.4 Å². The number of amides is 1. The van der Waals surface area contributed by atoms with Crippen molar-refractivity contribution in [3.05, 3.63) is 54.6 Å². The van der Waals surface area contributed by atoms with Crippen LogP contribution in [0.25, 0.3) is 0 Å². The van der Waals surface area contributed by atoms with Crippen molar-refractivity contribution in [2.24, 2.45) is 5.92 Å². The van der Waals surface area contributed by atoms with E-state index >= 15 is 0 Å². The van der Waals surface area contributed by atoms with Gasteiger partial charge in [0.2, 0.25) is 5.91 Å². The molecule has 0 aliphatic heterocycles. The third-order valence-electron chi connectivity index (χ3n) is 4.29. The Hall–Kier alpha value is -2.40. The van der Waals surface area contributed by atoms with Crippen molar-refractivity contribution in [3.8, 4) is 11.5 Å². The zero-order chi connectivity index (χ0) is 17.5. The van der Waals surface area contributed by atoms with Gasteiger partial charge in [-0.25, -0.2) is 0 Å². The summed E-state index contributed by atoms with van der Waals surface area (Å²) in [6.45, 7) is 0. The Morgan fingerprint density at radius 1 is 1.00 bits per heavy atom. The van der Waals surface area contributed by atoms with Crippen LogP contribution in [-0.2, 0) is 4.79 Å². The minimum Gasteiger partial charge on any atom is -0.457 e. The fourth-order valence-electron chi connectivity index (χ4n) is 3.05. The van der Waals surface area contributed by atoms with Crippen molar-refractivity contribution in [3.63, 3.8) is 0 Å². The minimum absolute atomic E-state index is 0.00608. The molecule has 0 atom stereocenters. The maximum atomic E-state index is 12.0. The van der Waals surface area contributed by atoms with Crippen LogP contribution >= 0.6 is 12.2 Å². The summed E-state index contributed by atoms with van der Waals surface area (Å²) in [6.07, 6.45) is 5.33. The third kappa shape index (κ3) is 5.57. The first-order chi connectivity index (χ1) is 12.2. The number of ether oxygens (including phenoxy) is 1. The third-order valence-corrected chi connectivity index (χ3v) is 4.50. The zero-order valence-electron chi connectivity index (χ0n) is 14.0. The van der Waals surface area contributed by atoms with Gasteiger partial charge in [-0.1, -0.05) is 31.0 Å². The average Bonchev–Trinajstić information content (AvgIpc) is 3.10. The summed E-state index contributed by atoms with van der Waals surface area (Å²) >= 11 is 5.22. The smallest absolute Gasteiger partial charge is 0.226 e. The summed E-state index contributed by atoms with van der Waals surface area (Å²) in [7, 11) is 0. The molecule has 1 amide bonds. The number of benzene rings is 2. The molecule has 25 heavy (non-hydrogen) atoms. The van der Waals surface area contributed by atoms with E-state index in [4.69, 9.17) is 17.0 Å². The predicted molar refractivity (Wildman–Crippen MR) is 104 cm³/mol. The summed E-state index contributed by atoms with van der Waals surface area (Å²) < 4.78 is 5.75. The van der Waals surface area contributed by atoms with Crippen LogP contribution < -0.4 is 15.4 Å². The first-order valence-corrected chi connectivity index (χ1v) is 9.04. The molecule has 4 nitrogen and oxygen atoms in total. The van der Waals surface area contributed by atoms with Crippen molar-refractivity contribution >= 4 is 28.9 Å². The monoisotopic (exact) mass is 354 g/mol. The molecule has 0 heterocycles. The van der Waals surface area contributed by atoms with Crippen molar-refractivity contribution in [2.75, 3.05) is 5.32 Å². The molecule has 0 spiro atoms. The number of thiocarbonyl (C=S) groups is 1. The van der Waals surface area contributed by atoms with Gasteiger partial charge in [0.1, 0.15) is 11.5 Å². The molecule has 1 aliphatic carbocycles. The number of rotatable bonds is 5. The molecule has 2 aromatic rings. The van der Waals surface area contributed by atoms with Crippen LogP contribution in [0.2, 0.25) is 0 Å². The van der Waals surface area contributed by atoms with E-state index in [1.54, 1.807) is 0 Å². The van der Waals surface area contributed by atoms with Gasteiger partial charge >= 0.3 is 0 Å². The predicted octanol–water partition coefficient (Wildman–Crippen LogP) is 4.87. The van der Waals surface area contributed by atoms with Crippen LogP contribution in [0.1, 0.15) is 32.1 Å². The number of hydrogen-bond acceptors (Lipinski definition) is 3. The van der Waals surface area contributed by atoms with Crippen LogP contribution in [0.5, 0.6) is 11.5 Å². The number of nitrogens with one attached hydrogen (secondary N) is 2. The van der Waals surface area contributed by atoms with Crippen LogP contribution in [0.15, 0.2) is 54.6 Å². The second-order valence-corrected chi connectivity index (χ2v) is 6.70. The van der Waals surface area contributed by atoms with E-state index in [2.05, 4.69) is 10.6 Å². The lowest BCUT2D eigenvalue weighted by Gasteiger charge is -2.12. The molecule has 0 bridgehead atoms. The van der Waals surface area contributed by atoms with E-state index < -0.39 is 0 Å². The molecular weight excluding hydrogens is 332 g/mol. The normalized spacial score (nSPS) is 14.1. The van der Waals surface area contributed by atoms with Gasteiger partial charge in [0.15, 0.2) is 5.11 Å². The second-order valence-electron chi connectivity index (χ2n) is 6.30. The number of hydrogen-bond donors (Lipinski definition) is 2. The first kappa shape index (κ1) is 17.4. The van der Waals surface area contributed by atoms with Gasteiger partial charge in [-0.2, -0.15) is 0 Å². The molecule has 1 fully saturated rings.